The first kappa shape index (κ1) is 27.2. The van der Waals surface area contributed by atoms with Crippen molar-refractivity contribution in [2.45, 2.75) is 50.0 Å². The normalized spacial score (nSPS) is 23.7. The first-order chi connectivity index (χ1) is 19.6. The van der Waals surface area contributed by atoms with Gasteiger partial charge in [0, 0.05) is 51.3 Å². The number of aliphatic hydroxyl groups excluding tert-OH is 1. The van der Waals surface area contributed by atoms with E-state index < -0.39 is 29.6 Å². The van der Waals surface area contributed by atoms with E-state index in [9.17, 15) is 29.4 Å². The number of β-amino-alcohol motifs (C(OH)–C–C–N with tert-alkyl or cyclic N) is 1. The molecule has 4 amide bonds. The number of amides is 4. The third-order valence-corrected chi connectivity index (χ3v) is 8.72. The molecule has 6 rings (SSSR count). The molecular weight excluding hydrogens is 530 g/mol. The van der Waals surface area contributed by atoms with Crippen molar-refractivity contribution in [3.63, 3.8) is 0 Å². The van der Waals surface area contributed by atoms with Crippen LogP contribution in [0.3, 0.4) is 0 Å². The molecule has 4 aliphatic heterocycles. The summed E-state index contributed by atoms with van der Waals surface area (Å²) in [4.78, 5) is 53.7. The third kappa shape index (κ3) is 5.16. The fourth-order valence-corrected chi connectivity index (χ4v) is 6.44. The van der Waals surface area contributed by atoms with Gasteiger partial charge in [0.15, 0.2) is 11.5 Å². The van der Waals surface area contributed by atoms with Crippen molar-refractivity contribution in [3.8, 4) is 0 Å². The Labute approximate surface area is 236 Å². The summed E-state index contributed by atoms with van der Waals surface area (Å²) < 4.78 is 0. The number of nitrogens with zero attached hydrogens (tertiary/aromatic N) is 5. The van der Waals surface area contributed by atoms with Crippen molar-refractivity contribution in [1.82, 2.24) is 25.3 Å². The summed E-state index contributed by atoms with van der Waals surface area (Å²) in [5, 5.41) is 32.6. The Morgan fingerprint density at radius 2 is 1.85 bits per heavy atom. The number of nitrogens with one attached hydrogen (secondary N) is 1. The summed E-state index contributed by atoms with van der Waals surface area (Å²) in [6.07, 6.45) is 1.24. The number of anilines is 1. The Hall–Kier alpha value is -3.94. The average Bonchev–Trinajstić information content (AvgIpc) is 3.27. The lowest BCUT2D eigenvalue weighted by molar-refractivity contribution is -0.170. The molecule has 0 spiro atoms. The van der Waals surface area contributed by atoms with E-state index in [1.165, 1.54) is 4.90 Å². The second-order valence-electron chi connectivity index (χ2n) is 11.6. The number of fused-ring (bicyclic) bond motifs is 1. The Morgan fingerprint density at radius 3 is 2.51 bits per heavy atom. The van der Waals surface area contributed by atoms with Crippen molar-refractivity contribution in [2.75, 3.05) is 37.6 Å². The number of piperidine rings is 2. The van der Waals surface area contributed by atoms with E-state index in [2.05, 4.69) is 25.3 Å². The van der Waals surface area contributed by atoms with Gasteiger partial charge >= 0.3 is 0 Å². The SMILES string of the molecule is NC(=O)c1ccc(N2CCC(CN3CC(O)([C@@H](O)c4ccc5c(c4)CN(C4CCC(=O)NC4=O)C5=O)C3)CC2)nn1. The van der Waals surface area contributed by atoms with Crippen LogP contribution in [0.2, 0.25) is 0 Å². The van der Waals surface area contributed by atoms with E-state index in [-0.39, 0.29) is 36.9 Å². The Balaban J connectivity index is 1.01. The molecule has 216 valence electrons. The highest BCUT2D eigenvalue weighted by atomic mass is 16.3. The molecule has 0 saturated carbocycles. The van der Waals surface area contributed by atoms with Crippen LogP contribution in [-0.4, -0.2) is 98.2 Å². The maximum absolute atomic E-state index is 13.0. The summed E-state index contributed by atoms with van der Waals surface area (Å²) in [6, 6.07) is 7.67. The quantitative estimate of drug-likeness (QED) is 0.315. The highest BCUT2D eigenvalue weighted by molar-refractivity contribution is 6.05. The van der Waals surface area contributed by atoms with Gasteiger partial charge in [0.05, 0.1) is 0 Å². The van der Waals surface area contributed by atoms with Gasteiger partial charge in [0.1, 0.15) is 17.7 Å². The summed E-state index contributed by atoms with van der Waals surface area (Å²) >= 11 is 0. The highest BCUT2D eigenvalue weighted by Gasteiger charge is 2.48. The number of primary amides is 1. The van der Waals surface area contributed by atoms with Crippen LogP contribution < -0.4 is 16.0 Å². The molecule has 3 saturated heterocycles. The van der Waals surface area contributed by atoms with Crippen LogP contribution in [0.5, 0.6) is 0 Å². The van der Waals surface area contributed by atoms with Gasteiger partial charge in [0.2, 0.25) is 11.8 Å². The molecule has 2 atom stereocenters. The number of hydrogen-bond acceptors (Lipinski definition) is 10. The number of rotatable bonds is 7. The van der Waals surface area contributed by atoms with Gasteiger partial charge in [-0.3, -0.25) is 29.4 Å². The maximum Gasteiger partial charge on any atom is 0.269 e. The summed E-state index contributed by atoms with van der Waals surface area (Å²) in [5.41, 5.74) is 5.76. The molecule has 41 heavy (non-hydrogen) atoms. The number of aromatic nitrogens is 2. The molecular formula is C28H33N7O6. The molecule has 3 fully saturated rings. The first-order valence-electron chi connectivity index (χ1n) is 13.9. The van der Waals surface area contributed by atoms with Gasteiger partial charge in [-0.15, -0.1) is 10.2 Å². The largest absolute Gasteiger partial charge is 0.385 e. The third-order valence-electron chi connectivity index (χ3n) is 8.72. The first-order valence-corrected chi connectivity index (χ1v) is 13.9. The van der Waals surface area contributed by atoms with Crippen LogP contribution >= 0.6 is 0 Å². The predicted octanol–water partition coefficient (Wildman–Crippen LogP) is -0.667. The van der Waals surface area contributed by atoms with Gasteiger partial charge in [-0.2, -0.15) is 0 Å². The van der Waals surface area contributed by atoms with E-state index in [0.29, 0.717) is 41.5 Å². The molecule has 2 aromatic rings. The molecule has 5 N–H and O–H groups in total. The minimum Gasteiger partial charge on any atom is -0.385 e. The summed E-state index contributed by atoms with van der Waals surface area (Å²) in [7, 11) is 0. The van der Waals surface area contributed by atoms with E-state index in [0.717, 1.165) is 32.5 Å². The lowest BCUT2D eigenvalue weighted by atomic mass is 9.82. The number of benzene rings is 1. The number of imide groups is 1. The number of hydrogen-bond donors (Lipinski definition) is 4. The zero-order valence-corrected chi connectivity index (χ0v) is 22.5. The monoisotopic (exact) mass is 563 g/mol. The number of carbonyl (C=O) groups is 4. The maximum atomic E-state index is 13.0. The van der Waals surface area contributed by atoms with Gasteiger partial charge in [-0.1, -0.05) is 12.1 Å². The second kappa shape index (κ2) is 10.5. The van der Waals surface area contributed by atoms with Crippen molar-refractivity contribution >= 4 is 29.4 Å². The van der Waals surface area contributed by atoms with Crippen LogP contribution in [-0.2, 0) is 16.1 Å². The minimum atomic E-state index is -1.29. The number of carbonyl (C=O) groups excluding carboxylic acids is 4. The van der Waals surface area contributed by atoms with Crippen molar-refractivity contribution in [3.05, 3.63) is 52.7 Å². The van der Waals surface area contributed by atoms with Crippen molar-refractivity contribution < 1.29 is 29.4 Å². The van der Waals surface area contributed by atoms with Gasteiger partial charge in [0.25, 0.3) is 11.8 Å². The molecule has 0 bridgehead atoms. The molecule has 5 heterocycles. The molecule has 1 aromatic carbocycles. The molecule has 13 heteroatoms. The van der Waals surface area contributed by atoms with E-state index in [1.54, 1.807) is 30.3 Å². The summed E-state index contributed by atoms with van der Waals surface area (Å²) in [6.45, 7) is 3.32. The standard InChI is InChI=1S/C28H33N7O6/c29-25(38)20-3-5-22(32-31-20)34-9-7-16(8-10-34)12-33-14-28(41,15-33)24(37)17-1-2-19-18(11-17)13-35(27(19)40)21-4-6-23(36)30-26(21)39/h1-3,5,11,16,21,24,37,41H,4,6-10,12-15H2,(H2,29,38)(H,30,36,39)/t21?,24-/m0/s1. The van der Waals surface area contributed by atoms with Crippen molar-refractivity contribution in [2.24, 2.45) is 11.7 Å². The van der Waals surface area contributed by atoms with Crippen LogP contribution in [0, 0.1) is 5.92 Å². The Bertz CT molecular complexity index is 1380. The molecule has 0 aliphatic carbocycles. The zero-order chi connectivity index (χ0) is 28.9. The predicted molar refractivity (Wildman–Crippen MR) is 144 cm³/mol. The van der Waals surface area contributed by atoms with Crippen LogP contribution in [0.15, 0.2) is 30.3 Å². The zero-order valence-electron chi connectivity index (χ0n) is 22.5. The summed E-state index contributed by atoms with van der Waals surface area (Å²) in [5.74, 6) is -0.529. The van der Waals surface area contributed by atoms with E-state index >= 15 is 0 Å². The molecule has 1 aromatic heterocycles. The number of likely N-dealkylation sites (tertiary alicyclic amines) is 1. The molecule has 1 unspecified atom stereocenters. The molecule has 4 aliphatic rings. The van der Waals surface area contributed by atoms with Gasteiger partial charge < -0.3 is 25.7 Å². The molecule has 13 nitrogen and oxygen atoms in total. The smallest absolute Gasteiger partial charge is 0.269 e. The van der Waals surface area contributed by atoms with Gasteiger partial charge in [-0.05, 0) is 54.5 Å². The van der Waals surface area contributed by atoms with E-state index in [4.69, 9.17) is 5.73 Å². The van der Waals surface area contributed by atoms with Crippen LogP contribution in [0.25, 0.3) is 0 Å². The number of aliphatic hydroxyl groups is 2. The topological polar surface area (TPSA) is 182 Å². The number of nitrogens with two attached hydrogens (primary N) is 1. The highest BCUT2D eigenvalue weighted by Crippen LogP contribution is 2.37. The van der Waals surface area contributed by atoms with E-state index in [1.807, 2.05) is 0 Å². The van der Waals surface area contributed by atoms with Gasteiger partial charge in [-0.25, -0.2) is 0 Å². The molecule has 0 radical (unpaired) electrons. The Kier molecular flexibility index (Phi) is 6.96. The van der Waals surface area contributed by atoms with Crippen LogP contribution in [0.4, 0.5) is 5.82 Å². The van der Waals surface area contributed by atoms with Crippen molar-refractivity contribution in [1.29, 1.82) is 0 Å². The lowest BCUT2D eigenvalue weighted by Crippen LogP contribution is -2.65. The lowest BCUT2D eigenvalue weighted by Gasteiger charge is -2.50. The second-order valence-corrected chi connectivity index (χ2v) is 11.6. The Morgan fingerprint density at radius 1 is 1.10 bits per heavy atom. The van der Waals surface area contributed by atoms with Crippen LogP contribution in [0.1, 0.15) is 63.8 Å². The minimum absolute atomic E-state index is 0.138. The fraction of sp³-hybridized carbons (Fsp3) is 0.500. The average molecular weight is 564 g/mol. The fourth-order valence-electron chi connectivity index (χ4n) is 6.44.